The van der Waals surface area contributed by atoms with Crippen LogP contribution in [0.25, 0.3) is 5.69 Å². The Balaban J connectivity index is 1.58. The Morgan fingerprint density at radius 3 is 2.56 bits per heavy atom. The Labute approximate surface area is 189 Å². The van der Waals surface area contributed by atoms with Crippen molar-refractivity contribution in [3.05, 3.63) is 69.6 Å². The summed E-state index contributed by atoms with van der Waals surface area (Å²) in [6.07, 6.45) is 0.0280. The number of carbonyl (C=O) groups is 2. The molecule has 1 aromatic heterocycles. The zero-order chi connectivity index (χ0) is 23.0. The molecule has 2 aromatic carbocycles. The number of anilines is 2. The molecule has 0 aliphatic carbocycles. The lowest BCUT2D eigenvalue weighted by atomic mass is 10.1. The van der Waals surface area contributed by atoms with Crippen molar-refractivity contribution >= 4 is 34.8 Å². The van der Waals surface area contributed by atoms with Crippen LogP contribution in [0.2, 0.25) is 5.02 Å². The molecule has 1 fully saturated rings. The minimum atomic E-state index is -0.615. The summed E-state index contributed by atoms with van der Waals surface area (Å²) in [5.74, 6) is -0.714. The third kappa shape index (κ3) is 3.78. The molecule has 1 saturated heterocycles. The number of hydrogen-bond acceptors (Lipinski definition) is 4. The smallest absolute Gasteiger partial charge is 0.295 e. The largest absolute Gasteiger partial charge is 0.495 e. The molecule has 0 radical (unpaired) electrons. The first kappa shape index (κ1) is 21.7. The van der Waals surface area contributed by atoms with E-state index < -0.39 is 5.92 Å². The maximum Gasteiger partial charge on any atom is 0.295 e. The zero-order valence-corrected chi connectivity index (χ0v) is 18.7. The van der Waals surface area contributed by atoms with Crippen LogP contribution >= 0.6 is 11.6 Å². The first-order valence-corrected chi connectivity index (χ1v) is 10.5. The van der Waals surface area contributed by atoms with E-state index in [-0.39, 0.29) is 36.0 Å². The summed E-state index contributed by atoms with van der Waals surface area (Å²) >= 11 is 6.10. The van der Waals surface area contributed by atoms with E-state index in [0.29, 0.717) is 27.8 Å². The molecular formula is C23H23ClN4O4. The van der Waals surface area contributed by atoms with Gasteiger partial charge < -0.3 is 15.0 Å². The number of amides is 2. The zero-order valence-electron chi connectivity index (χ0n) is 18.0. The highest BCUT2D eigenvalue weighted by Gasteiger charge is 2.37. The van der Waals surface area contributed by atoms with Gasteiger partial charge in [-0.1, -0.05) is 29.8 Å². The van der Waals surface area contributed by atoms with E-state index in [1.807, 2.05) is 30.3 Å². The lowest BCUT2D eigenvalue weighted by molar-refractivity contribution is -0.122. The summed E-state index contributed by atoms with van der Waals surface area (Å²) in [6.45, 7) is 1.93. The van der Waals surface area contributed by atoms with Gasteiger partial charge in [-0.15, -0.1) is 0 Å². The normalized spacial score (nSPS) is 15.8. The van der Waals surface area contributed by atoms with Crippen molar-refractivity contribution in [1.82, 2.24) is 9.36 Å². The van der Waals surface area contributed by atoms with Gasteiger partial charge in [0, 0.05) is 25.0 Å². The van der Waals surface area contributed by atoms with Gasteiger partial charge in [0.05, 0.1) is 30.1 Å². The summed E-state index contributed by atoms with van der Waals surface area (Å²) in [7, 11) is 3.26. The van der Waals surface area contributed by atoms with Gasteiger partial charge in [-0.3, -0.25) is 19.1 Å². The highest BCUT2D eigenvalue weighted by atomic mass is 35.5. The molecule has 32 heavy (non-hydrogen) atoms. The monoisotopic (exact) mass is 454 g/mol. The van der Waals surface area contributed by atoms with Gasteiger partial charge in [-0.25, -0.2) is 4.68 Å². The number of methoxy groups -OCH3 is 1. The molecule has 0 saturated carbocycles. The SMILES string of the molecule is COc1ccc(Cl)cc1N1CC(C(=O)Nc2c(C)n(C)n(-c3ccccc3)c2=O)CC1=O. The molecule has 8 nitrogen and oxygen atoms in total. The second-order valence-electron chi connectivity index (χ2n) is 7.65. The number of hydrogen-bond donors (Lipinski definition) is 1. The van der Waals surface area contributed by atoms with Crippen molar-refractivity contribution in [1.29, 1.82) is 0 Å². The van der Waals surface area contributed by atoms with Gasteiger partial charge in [0.25, 0.3) is 5.56 Å². The van der Waals surface area contributed by atoms with E-state index in [0.717, 1.165) is 0 Å². The number of halogens is 1. The second-order valence-corrected chi connectivity index (χ2v) is 8.08. The highest BCUT2D eigenvalue weighted by molar-refractivity contribution is 6.31. The van der Waals surface area contributed by atoms with Crippen molar-refractivity contribution in [3.8, 4) is 11.4 Å². The summed E-state index contributed by atoms with van der Waals surface area (Å²) in [6, 6.07) is 14.2. The van der Waals surface area contributed by atoms with Crippen molar-refractivity contribution in [2.24, 2.45) is 13.0 Å². The Morgan fingerprint density at radius 2 is 1.88 bits per heavy atom. The highest BCUT2D eigenvalue weighted by Crippen LogP contribution is 2.35. The number of carbonyl (C=O) groups excluding carboxylic acids is 2. The molecule has 0 bridgehead atoms. The quantitative estimate of drug-likeness (QED) is 0.641. The predicted octanol–water partition coefficient (Wildman–Crippen LogP) is 3.14. The average Bonchev–Trinajstić information content (AvgIpc) is 3.27. The molecule has 2 heterocycles. The van der Waals surface area contributed by atoms with Crippen LogP contribution in [0.15, 0.2) is 53.3 Å². The fourth-order valence-corrected chi connectivity index (χ4v) is 4.09. The minimum Gasteiger partial charge on any atom is -0.495 e. The average molecular weight is 455 g/mol. The van der Waals surface area contributed by atoms with E-state index in [9.17, 15) is 14.4 Å². The number of rotatable bonds is 5. The summed E-state index contributed by atoms with van der Waals surface area (Å²) in [5, 5.41) is 3.22. The number of nitrogens with zero attached hydrogens (tertiary/aromatic N) is 3. The number of para-hydroxylation sites is 1. The number of nitrogens with one attached hydrogen (secondary N) is 1. The fourth-order valence-electron chi connectivity index (χ4n) is 3.93. The second kappa shape index (κ2) is 8.55. The van der Waals surface area contributed by atoms with Crippen LogP contribution in [-0.4, -0.2) is 34.8 Å². The van der Waals surface area contributed by atoms with Crippen molar-refractivity contribution in [2.45, 2.75) is 13.3 Å². The Hall–Kier alpha value is -3.52. The minimum absolute atomic E-state index is 0.0280. The molecule has 9 heteroatoms. The van der Waals surface area contributed by atoms with E-state index in [1.165, 1.54) is 16.7 Å². The Morgan fingerprint density at radius 1 is 1.16 bits per heavy atom. The van der Waals surface area contributed by atoms with Crippen molar-refractivity contribution in [3.63, 3.8) is 0 Å². The standard InChI is InChI=1S/C23H23ClN4O4/c1-14-21(23(31)28(26(14)2)17-7-5-4-6-8-17)25-22(30)15-11-20(29)27(13-15)18-12-16(24)9-10-19(18)32-3/h4-10,12,15H,11,13H2,1-3H3,(H,25,30). The van der Waals surface area contributed by atoms with Crippen molar-refractivity contribution < 1.29 is 14.3 Å². The van der Waals surface area contributed by atoms with Crippen LogP contribution in [0.1, 0.15) is 12.1 Å². The lowest BCUT2D eigenvalue weighted by Crippen LogP contribution is -2.30. The number of ether oxygens (including phenoxy) is 1. The molecule has 3 aromatic rings. The van der Waals surface area contributed by atoms with Gasteiger partial charge in [-0.05, 0) is 37.3 Å². The number of benzene rings is 2. The fraction of sp³-hybridized carbons (Fsp3) is 0.261. The molecular weight excluding hydrogens is 432 g/mol. The topological polar surface area (TPSA) is 85.6 Å². The first-order valence-electron chi connectivity index (χ1n) is 10.1. The molecule has 0 spiro atoms. The van der Waals surface area contributed by atoms with Gasteiger partial charge in [0.15, 0.2) is 0 Å². The molecule has 2 amide bonds. The van der Waals surface area contributed by atoms with Gasteiger partial charge in [0.1, 0.15) is 11.4 Å². The molecule has 4 rings (SSSR count). The van der Waals surface area contributed by atoms with Gasteiger partial charge in [-0.2, -0.15) is 0 Å². The molecule has 166 valence electrons. The van der Waals surface area contributed by atoms with Gasteiger partial charge in [0.2, 0.25) is 11.8 Å². The van der Waals surface area contributed by atoms with Crippen LogP contribution in [0.5, 0.6) is 5.75 Å². The van der Waals surface area contributed by atoms with E-state index in [4.69, 9.17) is 16.3 Å². The van der Waals surface area contributed by atoms with Gasteiger partial charge >= 0.3 is 0 Å². The molecule has 1 atom stereocenters. The lowest BCUT2D eigenvalue weighted by Gasteiger charge is -2.19. The summed E-state index contributed by atoms with van der Waals surface area (Å²) < 4.78 is 8.53. The maximum atomic E-state index is 13.1. The van der Waals surface area contributed by atoms with Crippen LogP contribution in [0, 0.1) is 12.8 Å². The first-order chi connectivity index (χ1) is 15.3. The third-order valence-electron chi connectivity index (χ3n) is 5.73. The van der Waals surface area contributed by atoms with Crippen LogP contribution < -0.4 is 20.5 Å². The van der Waals surface area contributed by atoms with Crippen molar-refractivity contribution in [2.75, 3.05) is 23.9 Å². The van der Waals surface area contributed by atoms with Crippen LogP contribution in [0.3, 0.4) is 0 Å². The van der Waals surface area contributed by atoms with Crippen LogP contribution in [0.4, 0.5) is 11.4 Å². The Kier molecular flexibility index (Phi) is 5.80. The molecule has 1 unspecified atom stereocenters. The Bertz CT molecular complexity index is 1250. The molecule has 1 aliphatic heterocycles. The number of aromatic nitrogens is 2. The van der Waals surface area contributed by atoms with Crippen LogP contribution in [-0.2, 0) is 16.6 Å². The summed E-state index contributed by atoms with van der Waals surface area (Å²) in [5.41, 5.74) is 1.70. The van der Waals surface area contributed by atoms with E-state index >= 15 is 0 Å². The third-order valence-corrected chi connectivity index (χ3v) is 5.97. The van der Waals surface area contributed by atoms with E-state index in [1.54, 1.807) is 36.9 Å². The summed E-state index contributed by atoms with van der Waals surface area (Å²) in [4.78, 5) is 40.2. The molecule has 1 N–H and O–H groups in total. The predicted molar refractivity (Wildman–Crippen MR) is 123 cm³/mol. The maximum absolute atomic E-state index is 13.1. The molecule has 1 aliphatic rings. The van der Waals surface area contributed by atoms with E-state index in [2.05, 4.69) is 5.32 Å².